The van der Waals surface area contributed by atoms with E-state index in [0.717, 1.165) is 5.56 Å². The first-order valence-electron chi connectivity index (χ1n) is 5.65. The minimum Gasteiger partial charge on any atom is -0.411 e. The molecule has 18 heavy (non-hydrogen) atoms. The summed E-state index contributed by atoms with van der Waals surface area (Å²) in [6.07, 6.45) is -0.267. The number of benzene rings is 1. The van der Waals surface area contributed by atoms with Gasteiger partial charge in [0.2, 0.25) is 0 Å². The van der Waals surface area contributed by atoms with Gasteiger partial charge in [-0.15, -0.1) is 0 Å². The van der Waals surface area contributed by atoms with E-state index in [9.17, 15) is 0 Å². The molecule has 93 valence electrons. The molecule has 1 saturated heterocycles. The van der Waals surface area contributed by atoms with E-state index in [1.807, 2.05) is 30.3 Å². The molecule has 1 aromatic carbocycles. The van der Waals surface area contributed by atoms with Crippen LogP contribution in [0.25, 0.3) is 10.4 Å². The van der Waals surface area contributed by atoms with Crippen LogP contribution < -0.4 is 0 Å². The molecule has 1 aliphatic rings. The third kappa shape index (κ3) is 3.75. The first kappa shape index (κ1) is 12.9. The van der Waals surface area contributed by atoms with Gasteiger partial charge in [-0.05, 0) is 11.1 Å². The largest absolute Gasteiger partial charge is 0.488 e. The molecule has 1 aromatic rings. The SMILES string of the molecule is [N-]=[N+]=N[C@@H](COCc1ccccc1)[C@H]1CO[B]O1. The average Bonchev–Trinajstić information content (AvgIpc) is 2.93. The first-order chi connectivity index (χ1) is 8.90. The van der Waals surface area contributed by atoms with Gasteiger partial charge in [0, 0.05) is 4.91 Å². The van der Waals surface area contributed by atoms with Crippen molar-refractivity contribution < 1.29 is 14.0 Å². The topological polar surface area (TPSA) is 76.5 Å². The van der Waals surface area contributed by atoms with Gasteiger partial charge in [-0.3, -0.25) is 0 Å². The van der Waals surface area contributed by atoms with Gasteiger partial charge in [0.15, 0.2) is 0 Å². The Bertz CT molecular complexity index is 405. The molecular weight excluding hydrogens is 233 g/mol. The van der Waals surface area contributed by atoms with Crippen LogP contribution in [-0.2, 0) is 20.7 Å². The molecule has 0 saturated carbocycles. The quantitative estimate of drug-likeness (QED) is 0.332. The van der Waals surface area contributed by atoms with E-state index in [-0.39, 0.29) is 12.1 Å². The van der Waals surface area contributed by atoms with Gasteiger partial charge in [0.05, 0.1) is 32.0 Å². The Morgan fingerprint density at radius 1 is 1.50 bits per heavy atom. The van der Waals surface area contributed by atoms with Crippen molar-refractivity contribution in [2.24, 2.45) is 5.11 Å². The summed E-state index contributed by atoms with van der Waals surface area (Å²) in [7, 11) is 1.27. The summed E-state index contributed by atoms with van der Waals surface area (Å²) in [5.74, 6) is 0. The third-order valence-electron chi connectivity index (χ3n) is 2.59. The second-order valence-electron chi connectivity index (χ2n) is 3.88. The van der Waals surface area contributed by atoms with Crippen molar-refractivity contribution in [3.8, 4) is 0 Å². The molecule has 0 aliphatic carbocycles. The molecule has 0 N–H and O–H groups in total. The maximum absolute atomic E-state index is 8.51. The van der Waals surface area contributed by atoms with E-state index < -0.39 is 0 Å². The van der Waals surface area contributed by atoms with Gasteiger partial charge in [-0.1, -0.05) is 35.4 Å². The van der Waals surface area contributed by atoms with Gasteiger partial charge >= 0.3 is 7.69 Å². The molecule has 0 bridgehead atoms. The Labute approximate surface area is 106 Å². The van der Waals surface area contributed by atoms with Crippen LogP contribution in [0.15, 0.2) is 35.4 Å². The lowest BCUT2D eigenvalue weighted by atomic mass is 10.2. The Kier molecular flexibility index (Phi) is 5.05. The summed E-state index contributed by atoms with van der Waals surface area (Å²) in [6, 6.07) is 9.43. The van der Waals surface area contributed by atoms with Crippen molar-refractivity contribution in [3.05, 3.63) is 46.3 Å². The molecule has 1 fully saturated rings. The van der Waals surface area contributed by atoms with Gasteiger partial charge in [-0.25, -0.2) is 0 Å². The van der Waals surface area contributed by atoms with Gasteiger partial charge < -0.3 is 14.0 Å². The van der Waals surface area contributed by atoms with E-state index in [1.165, 1.54) is 7.69 Å². The first-order valence-corrected chi connectivity index (χ1v) is 5.65. The molecule has 0 unspecified atom stereocenters. The molecule has 1 aliphatic heterocycles. The van der Waals surface area contributed by atoms with E-state index in [4.69, 9.17) is 19.6 Å². The van der Waals surface area contributed by atoms with Crippen LogP contribution in [0.4, 0.5) is 0 Å². The number of nitrogens with zero attached hydrogens (tertiary/aromatic N) is 3. The fourth-order valence-electron chi connectivity index (χ4n) is 1.64. The smallest absolute Gasteiger partial charge is 0.411 e. The number of hydrogen-bond donors (Lipinski definition) is 0. The lowest BCUT2D eigenvalue weighted by Crippen LogP contribution is -2.30. The molecule has 0 aromatic heterocycles. The van der Waals surface area contributed by atoms with Crippen LogP contribution in [0.2, 0.25) is 0 Å². The highest BCUT2D eigenvalue weighted by Crippen LogP contribution is 2.11. The molecule has 6 nitrogen and oxygen atoms in total. The molecule has 2 rings (SSSR count). The van der Waals surface area contributed by atoms with Crippen molar-refractivity contribution in [2.75, 3.05) is 13.2 Å². The third-order valence-corrected chi connectivity index (χ3v) is 2.59. The Morgan fingerprint density at radius 2 is 2.33 bits per heavy atom. The molecule has 7 heteroatoms. The minimum atomic E-state index is -0.377. The molecule has 0 amide bonds. The molecule has 0 spiro atoms. The second kappa shape index (κ2) is 7.03. The van der Waals surface area contributed by atoms with Gasteiger partial charge in [0.1, 0.15) is 0 Å². The Morgan fingerprint density at radius 3 is 3.00 bits per heavy atom. The van der Waals surface area contributed by atoms with E-state index in [0.29, 0.717) is 19.8 Å². The van der Waals surface area contributed by atoms with Crippen LogP contribution in [0, 0.1) is 0 Å². The molecule has 2 atom stereocenters. The molecular formula is C11H13BN3O3. The van der Waals surface area contributed by atoms with Crippen LogP contribution in [0.1, 0.15) is 5.56 Å². The summed E-state index contributed by atoms with van der Waals surface area (Å²) in [5, 5.41) is 3.67. The molecule has 1 radical (unpaired) electrons. The average molecular weight is 246 g/mol. The summed E-state index contributed by atoms with van der Waals surface area (Å²) in [5.41, 5.74) is 9.59. The van der Waals surface area contributed by atoms with Crippen LogP contribution in [0.3, 0.4) is 0 Å². The van der Waals surface area contributed by atoms with E-state index in [2.05, 4.69) is 10.0 Å². The highest BCUT2D eigenvalue weighted by molar-refractivity contribution is 6.18. The Hall–Kier alpha value is -1.53. The van der Waals surface area contributed by atoms with Gasteiger partial charge in [-0.2, -0.15) is 0 Å². The Balaban J connectivity index is 1.80. The molecule has 1 heterocycles. The summed E-state index contributed by atoms with van der Waals surface area (Å²) >= 11 is 0. The zero-order valence-electron chi connectivity index (χ0n) is 9.81. The number of ether oxygens (including phenoxy) is 1. The fraction of sp³-hybridized carbons (Fsp3) is 0.455. The van der Waals surface area contributed by atoms with Crippen LogP contribution in [-0.4, -0.2) is 33.0 Å². The normalized spacial score (nSPS) is 19.9. The maximum Gasteiger partial charge on any atom is 0.488 e. The van der Waals surface area contributed by atoms with Crippen molar-refractivity contribution in [3.63, 3.8) is 0 Å². The minimum absolute atomic E-state index is 0.267. The number of azide groups is 1. The monoisotopic (exact) mass is 246 g/mol. The zero-order valence-corrected chi connectivity index (χ0v) is 9.81. The van der Waals surface area contributed by atoms with E-state index in [1.54, 1.807) is 0 Å². The standard InChI is InChI=1S/C11H13BN3O3/c13-15-14-10(11-8-17-12-18-11)7-16-6-9-4-2-1-3-5-9/h1-5,10-11H,6-8H2/t10-,11+/m0/s1. The predicted octanol–water partition coefficient (Wildman–Crippen LogP) is 1.83. The van der Waals surface area contributed by atoms with Crippen LogP contribution in [0.5, 0.6) is 0 Å². The zero-order chi connectivity index (χ0) is 12.6. The highest BCUT2D eigenvalue weighted by atomic mass is 16.6. The predicted molar refractivity (Wildman–Crippen MR) is 65.6 cm³/mol. The maximum atomic E-state index is 8.51. The van der Waals surface area contributed by atoms with Crippen molar-refractivity contribution >= 4 is 7.69 Å². The van der Waals surface area contributed by atoms with E-state index >= 15 is 0 Å². The van der Waals surface area contributed by atoms with Crippen molar-refractivity contribution in [1.29, 1.82) is 0 Å². The summed E-state index contributed by atoms with van der Waals surface area (Å²) < 4.78 is 15.7. The van der Waals surface area contributed by atoms with Crippen LogP contribution >= 0.6 is 0 Å². The lowest BCUT2D eigenvalue weighted by Gasteiger charge is -2.17. The van der Waals surface area contributed by atoms with Crippen molar-refractivity contribution in [2.45, 2.75) is 18.8 Å². The lowest BCUT2D eigenvalue weighted by molar-refractivity contribution is 0.0719. The summed E-state index contributed by atoms with van der Waals surface area (Å²) in [4.78, 5) is 2.80. The highest BCUT2D eigenvalue weighted by Gasteiger charge is 2.26. The number of hydrogen-bond acceptors (Lipinski definition) is 4. The summed E-state index contributed by atoms with van der Waals surface area (Å²) in [6.45, 7) is 1.18. The van der Waals surface area contributed by atoms with Gasteiger partial charge in [0.25, 0.3) is 0 Å². The van der Waals surface area contributed by atoms with Crippen molar-refractivity contribution in [1.82, 2.24) is 0 Å². The fourth-order valence-corrected chi connectivity index (χ4v) is 1.64. The number of rotatable bonds is 6. The second-order valence-corrected chi connectivity index (χ2v) is 3.88.